The van der Waals surface area contributed by atoms with Gasteiger partial charge in [0.25, 0.3) is 0 Å². The maximum absolute atomic E-state index is 8.49. The molecular formula is H4CdCl2O10. The molecule has 0 unspecified atom stereocenters. The predicted molar refractivity (Wildman–Crippen MR) is 7.23 cm³/mol. The zero-order valence-electron chi connectivity index (χ0n) is 5.73. The molecule has 0 aliphatic rings. The van der Waals surface area contributed by atoms with Gasteiger partial charge in [0.15, 0.2) is 0 Å². The second-order valence-electron chi connectivity index (χ2n) is 0.756. The minimum atomic E-state index is -4.94. The summed E-state index contributed by atoms with van der Waals surface area (Å²) in [5, 5.41) is 0. The van der Waals surface area contributed by atoms with Gasteiger partial charge < -0.3 is 11.0 Å². The van der Waals surface area contributed by atoms with Gasteiger partial charge in [-0.05, 0) is 0 Å². The monoisotopic (exact) mass is 348 g/mol. The molecule has 0 spiro atoms. The summed E-state index contributed by atoms with van der Waals surface area (Å²) in [5.41, 5.74) is 0. The first-order valence-corrected chi connectivity index (χ1v) is 3.70. The van der Waals surface area contributed by atoms with Gasteiger partial charge >= 0.3 is 27.3 Å². The van der Waals surface area contributed by atoms with E-state index in [2.05, 4.69) is 0 Å². The molecule has 13 heteroatoms. The predicted octanol–water partition coefficient (Wildman–Crippen LogP) is -11.2. The van der Waals surface area contributed by atoms with Crippen LogP contribution in [0, 0.1) is 20.5 Å². The van der Waals surface area contributed by atoms with Crippen molar-refractivity contribution in [1.82, 2.24) is 0 Å². The molecule has 0 aromatic carbocycles. The van der Waals surface area contributed by atoms with Crippen LogP contribution in [-0.2, 0) is 27.3 Å². The zero-order chi connectivity index (χ0) is 9.00. The largest absolute Gasteiger partial charge is 2.00 e. The molecule has 0 heterocycles. The summed E-state index contributed by atoms with van der Waals surface area (Å²) in [4.78, 5) is 0. The van der Waals surface area contributed by atoms with E-state index in [1.165, 1.54) is 0 Å². The first-order valence-electron chi connectivity index (χ1n) is 1.23. The first kappa shape index (κ1) is 29.2. The number of halogens is 2. The van der Waals surface area contributed by atoms with Crippen molar-refractivity contribution in [2.24, 2.45) is 0 Å². The molecule has 10 nitrogen and oxygen atoms in total. The van der Waals surface area contributed by atoms with E-state index in [-0.39, 0.29) is 38.3 Å². The molecule has 0 atom stereocenters. The third-order valence-corrected chi connectivity index (χ3v) is 0. The number of rotatable bonds is 0. The van der Waals surface area contributed by atoms with Crippen LogP contribution in [0.5, 0.6) is 0 Å². The zero-order valence-corrected chi connectivity index (χ0v) is 11.3. The minimum absolute atomic E-state index is 0. The van der Waals surface area contributed by atoms with Crippen molar-refractivity contribution >= 4 is 0 Å². The Hall–Kier alpha value is 1.10. The van der Waals surface area contributed by atoms with E-state index in [1.54, 1.807) is 0 Å². The second-order valence-corrected chi connectivity index (χ2v) is 2.27. The maximum atomic E-state index is 8.49. The first-order chi connectivity index (χ1) is 4.00. The topological polar surface area (TPSA) is 247 Å². The summed E-state index contributed by atoms with van der Waals surface area (Å²) in [5.74, 6) is 0. The summed E-state index contributed by atoms with van der Waals surface area (Å²) in [6.45, 7) is 0. The van der Waals surface area contributed by atoms with Crippen LogP contribution in [0.1, 0.15) is 0 Å². The Bertz CT molecular complexity index is 55.9. The standard InChI is InChI=1S/Cd.2ClHO4.2H2O/c;2*2-1(3,4)5;;/h;2*(H,2,3,4,5);2*1H2/q+2;;;;/p-2. The number of hydrogen-bond donors (Lipinski definition) is 0. The van der Waals surface area contributed by atoms with Crippen LogP contribution >= 0.6 is 0 Å². The Morgan fingerprint density at radius 2 is 0.462 bits per heavy atom. The quantitative estimate of drug-likeness (QED) is 0.379. The van der Waals surface area contributed by atoms with Crippen molar-refractivity contribution in [1.29, 1.82) is 0 Å². The van der Waals surface area contributed by atoms with E-state index in [0.29, 0.717) is 0 Å². The molecule has 0 rings (SSSR count). The SMILES string of the molecule is O.O.[Cd+2].[O-][Cl+3]([O-])([O-])[O-].[O-][Cl+3]([O-])([O-])[O-]. The van der Waals surface area contributed by atoms with Gasteiger partial charge in [0.1, 0.15) is 0 Å². The van der Waals surface area contributed by atoms with Crippen molar-refractivity contribution in [2.45, 2.75) is 0 Å². The number of hydrogen-bond acceptors (Lipinski definition) is 8. The van der Waals surface area contributed by atoms with Crippen LogP contribution in [0.2, 0.25) is 0 Å². The normalized spacial score (nSPS) is 9.23. The molecule has 0 saturated carbocycles. The van der Waals surface area contributed by atoms with Crippen molar-refractivity contribution in [3.05, 3.63) is 0 Å². The molecule has 0 aliphatic heterocycles. The Morgan fingerprint density at radius 1 is 0.462 bits per heavy atom. The molecule has 0 aliphatic carbocycles. The van der Waals surface area contributed by atoms with E-state index in [4.69, 9.17) is 37.3 Å². The summed E-state index contributed by atoms with van der Waals surface area (Å²) in [7, 11) is -9.89. The molecule has 13 heavy (non-hydrogen) atoms. The van der Waals surface area contributed by atoms with Gasteiger partial charge in [-0.15, -0.1) is 20.5 Å². The second kappa shape index (κ2) is 11.2. The fourth-order valence-electron chi connectivity index (χ4n) is 0. The Labute approximate surface area is 95.9 Å². The van der Waals surface area contributed by atoms with Gasteiger partial charge in [-0.1, -0.05) is 0 Å². The molecule has 0 radical (unpaired) electrons. The third kappa shape index (κ3) is 1330. The Kier molecular flexibility index (Phi) is 25.1. The fraction of sp³-hybridized carbons (Fsp3) is 0. The molecule has 0 amide bonds. The van der Waals surface area contributed by atoms with E-state index in [0.717, 1.165) is 0 Å². The molecule has 0 fully saturated rings. The maximum Gasteiger partial charge on any atom is 2.00 e. The van der Waals surface area contributed by atoms with E-state index < -0.39 is 20.5 Å². The van der Waals surface area contributed by atoms with Gasteiger partial charge in [0.2, 0.25) is 0 Å². The smallest absolute Gasteiger partial charge is 0.412 e. The van der Waals surface area contributed by atoms with Crippen LogP contribution in [0.3, 0.4) is 0 Å². The van der Waals surface area contributed by atoms with Gasteiger partial charge in [-0.25, -0.2) is 37.3 Å². The van der Waals surface area contributed by atoms with Gasteiger partial charge in [-0.2, -0.15) is 0 Å². The van der Waals surface area contributed by atoms with Gasteiger partial charge in [0.05, 0.1) is 0 Å². The van der Waals surface area contributed by atoms with E-state index in [9.17, 15) is 0 Å². The van der Waals surface area contributed by atoms with Gasteiger partial charge in [-0.3, -0.25) is 0 Å². The van der Waals surface area contributed by atoms with Crippen molar-refractivity contribution in [2.75, 3.05) is 0 Å². The van der Waals surface area contributed by atoms with Crippen molar-refractivity contribution in [3.63, 3.8) is 0 Å². The van der Waals surface area contributed by atoms with E-state index >= 15 is 0 Å². The molecule has 0 bridgehead atoms. The summed E-state index contributed by atoms with van der Waals surface area (Å²) < 4.78 is 67.9. The molecule has 0 saturated heterocycles. The van der Waals surface area contributed by atoms with Gasteiger partial charge in [0, 0.05) is 0 Å². The Balaban J connectivity index is -0.0000000267. The van der Waals surface area contributed by atoms with E-state index in [1.807, 2.05) is 0 Å². The summed E-state index contributed by atoms with van der Waals surface area (Å²) >= 11 is 0. The molecule has 0 aromatic rings. The third-order valence-electron chi connectivity index (χ3n) is 0. The summed E-state index contributed by atoms with van der Waals surface area (Å²) in [6, 6.07) is 0. The average Bonchev–Trinajstić information content (AvgIpc) is 1.12. The van der Waals surface area contributed by atoms with Crippen molar-refractivity contribution in [3.8, 4) is 0 Å². The molecule has 80 valence electrons. The van der Waals surface area contributed by atoms with Crippen LogP contribution in [-0.4, -0.2) is 11.0 Å². The van der Waals surface area contributed by atoms with Crippen LogP contribution in [0.15, 0.2) is 0 Å². The Morgan fingerprint density at radius 3 is 0.462 bits per heavy atom. The fourth-order valence-corrected chi connectivity index (χ4v) is 0. The average molecular weight is 347 g/mol. The van der Waals surface area contributed by atoms with Crippen LogP contribution in [0.25, 0.3) is 0 Å². The molecule has 0 aromatic heterocycles. The molecular weight excluding hydrogens is 343 g/mol. The van der Waals surface area contributed by atoms with Crippen molar-refractivity contribution < 1.29 is 96.0 Å². The van der Waals surface area contributed by atoms with Crippen LogP contribution < -0.4 is 37.3 Å². The van der Waals surface area contributed by atoms with Crippen LogP contribution in [0.4, 0.5) is 0 Å². The minimum Gasteiger partial charge on any atom is -0.412 e. The summed E-state index contributed by atoms with van der Waals surface area (Å²) in [6.07, 6.45) is 0. The molecule has 4 N–H and O–H groups in total.